The molecule has 0 fully saturated rings. The predicted octanol–water partition coefficient (Wildman–Crippen LogP) is 5.39. The Balaban J connectivity index is 1.69. The van der Waals surface area contributed by atoms with Crippen LogP contribution in [0.2, 0.25) is 0 Å². The summed E-state index contributed by atoms with van der Waals surface area (Å²) in [5, 5.41) is 1.48. The minimum Gasteiger partial charge on any atom is -0.344 e. The molecule has 0 N–H and O–H groups in total. The van der Waals surface area contributed by atoms with Gasteiger partial charge in [0.25, 0.3) is 0 Å². The number of hydrogen-bond acceptors (Lipinski definition) is 1. The van der Waals surface area contributed by atoms with Crippen molar-refractivity contribution in [1.29, 1.82) is 0 Å². The molecular formula is C24H30N2. The van der Waals surface area contributed by atoms with Crippen molar-refractivity contribution in [1.82, 2.24) is 9.47 Å². The van der Waals surface area contributed by atoms with Gasteiger partial charge in [-0.25, -0.2) is 0 Å². The lowest BCUT2D eigenvalue weighted by Crippen LogP contribution is -2.31. The van der Waals surface area contributed by atoms with Gasteiger partial charge in [0, 0.05) is 42.1 Å². The van der Waals surface area contributed by atoms with Crippen LogP contribution in [-0.4, -0.2) is 23.1 Å². The average Bonchev–Trinajstić information content (AvgIpc) is 2.99. The van der Waals surface area contributed by atoms with Crippen LogP contribution in [0.3, 0.4) is 0 Å². The number of rotatable bonds is 5. The average molecular weight is 347 g/mol. The topological polar surface area (TPSA) is 8.17 Å². The molecule has 1 aromatic heterocycles. The first-order chi connectivity index (χ1) is 12.7. The third-order valence-electron chi connectivity index (χ3n) is 6.16. The molecule has 0 amide bonds. The van der Waals surface area contributed by atoms with Gasteiger partial charge in [0.15, 0.2) is 0 Å². The summed E-state index contributed by atoms with van der Waals surface area (Å²) >= 11 is 0. The molecule has 2 nitrogen and oxygen atoms in total. The Kier molecular flexibility index (Phi) is 4.86. The van der Waals surface area contributed by atoms with Crippen molar-refractivity contribution in [3.8, 4) is 0 Å². The van der Waals surface area contributed by atoms with Crippen LogP contribution in [0.4, 0.5) is 0 Å². The molecule has 1 aliphatic rings. The molecular weight excluding hydrogens is 316 g/mol. The van der Waals surface area contributed by atoms with Crippen molar-refractivity contribution in [3.63, 3.8) is 0 Å². The minimum absolute atomic E-state index is 0.503. The molecule has 0 spiro atoms. The van der Waals surface area contributed by atoms with Crippen molar-refractivity contribution < 1.29 is 0 Å². The first-order valence-corrected chi connectivity index (χ1v) is 10.1. The van der Waals surface area contributed by atoms with E-state index in [1.54, 1.807) is 11.3 Å². The fraction of sp³-hybridized carbons (Fsp3) is 0.417. The summed E-state index contributed by atoms with van der Waals surface area (Å²) in [6.45, 7) is 6.89. The SMILES string of the molecule is CCc1ccc2c(c1)c1c(n2CCCc2ccccc2)CCN(C)C1C. The number of likely N-dealkylation sites (N-methyl/N-ethyl adjacent to an activating group) is 1. The van der Waals surface area contributed by atoms with Crippen LogP contribution in [0.25, 0.3) is 10.9 Å². The molecule has 3 aromatic rings. The fourth-order valence-electron chi connectivity index (χ4n) is 4.47. The van der Waals surface area contributed by atoms with E-state index < -0.39 is 0 Å². The summed E-state index contributed by atoms with van der Waals surface area (Å²) in [4.78, 5) is 2.49. The number of benzene rings is 2. The van der Waals surface area contributed by atoms with E-state index in [4.69, 9.17) is 0 Å². The molecule has 0 bridgehead atoms. The van der Waals surface area contributed by atoms with E-state index in [-0.39, 0.29) is 0 Å². The largest absolute Gasteiger partial charge is 0.344 e. The van der Waals surface area contributed by atoms with Crippen molar-refractivity contribution in [2.45, 2.75) is 52.1 Å². The first-order valence-electron chi connectivity index (χ1n) is 10.1. The number of hydrogen-bond donors (Lipinski definition) is 0. The molecule has 26 heavy (non-hydrogen) atoms. The molecule has 1 atom stereocenters. The highest BCUT2D eigenvalue weighted by Gasteiger charge is 2.27. The second-order valence-electron chi connectivity index (χ2n) is 7.71. The molecule has 2 heterocycles. The number of fused-ring (bicyclic) bond motifs is 3. The van der Waals surface area contributed by atoms with Gasteiger partial charge in [-0.05, 0) is 62.1 Å². The second-order valence-corrected chi connectivity index (χ2v) is 7.71. The monoisotopic (exact) mass is 346 g/mol. The van der Waals surface area contributed by atoms with Crippen LogP contribution in [0.5, 0.6) is 0 Å². The Morgan fingerprint density at radius 3 is 2.62 bits per heavy atom. The summed E-state index contributed by atoms with van der Waals surface area (Å²) < 4.78 is 2.62. The van der Waals surface area contributed by atoms with Crippen LogP contribution >= 0.6 is 0 Å². The fourth-order valence-corrected chi connectivity index (χ4v) is 4.47. The van der Waals surface area contributed by atoms with Crippen molar-refractivity contribution in [2.24, 2.45) is 0 Å². The lowest BCUT2D eigenvalue weighted by Gasteiger charge is -2.31. The van der Waals surface area contributed by atoms with E-state index in [9.17, 15) is 0 Å². The molecule has 2 heteroatoms. The predicted molar refractivity (Wildman–Crippen MR) is 111 cm³/mol. The molecule has 136 valence electrons. The van der Waals surface area contributed by atoms with Crippen molar-refractivity contribution in [2.75, 3.05) is 13.6 Å². The summed E-state index contributed by atoms with van der Waals surface area (Å²) in [5.41, 5.74) is 7.47. The molecule has 4 rings (SSSR count). The molecule has 0 saturated heterocycles. The molecule has 0 aliphatic carbocycles. The molecule has 0 saturated carbocycles. The van der Waals surface area contributed by atoms with E-state index in [1.807, 2.05) is 0 Å². The van der Waals surface area contributed by atoms with Gasteiger partial charge >= 0.3 is 0 Å². The highest BCUT2D eigenvalue weighted by molar-refractivity contribution is 5.87. The van der Waals surface area contributed by atoms with E-state index in [0.717, 1.165) is 32.4 Å². The van der Waals surface area contributed by atoms with Gasteiger partial charge in [-0.3, -0.25) is 4.90 Å². The Hall–Kier alpha value is -2.06. The molecule has 2 aromatic carbocycles. The van der Waals surface area contributed by atoms with Gasteiger partial charge in [0.2, 0.25) is 0 Å². The van der Waals surface area contributed by atoms with E-state index in [1.165, 1.54) is 28.5 Å². The number of nitrogens with zero attached hydrogens (tertiary/aromatic N) is 2. The quantitative estimate of drug-likeness (QED) is 0.602. The van der Waals surface area contributed by atoms with E-state index in [2.05, 4.69) is 78.9 Å². The molecule has 0 radical (unpaired) electrons. The molecule has 1 unspecified atom stereocenters. The first kappa shape index (κ1) is 17.4. The van der Waals surface area contributed by atoms with Crippen LogP contribution in [-0.2, 0) is 25.8 Å². The van der Waals surface area contributed by atoms with Gasteiger partial charge in [0.1, 0.15) is 0 Å². The van der Waals surface area contributed by atoms with Crippen LogP contribution in [0.15, 0.2) is 48.5 Å². The van der Waals surface area contributed by atoms with Gasteiger partial charge in [-0.15, -0.1) is 0 Å². The molecule has 1 aliphatic heterocycles. The summed E-state index contributed by atoms with van der Waals surface area (Å²) in [7, 11) is 2.26. The lowest BCUT2D eigenvalue weighted by atomic mass is 9.96. The summed E-state index contributed by atoms with van der Waals surface area (Å²) in [6, 6.07) is 18.5. The third kappa shape index (κ3) is 3.07. The Morgan fingerprint density at radius 1 is 1.04 bits per heavy atom. The highest BCUT2D eigenvalue weighted by atomic mass is 15.1. The zero-order valence-electron chi connectivity index (χ0n) is 16.3. The second kappa shape index (κ2) is 7.28. The van der Waals surface area contributed by atoms with Crippen LogP contribution in [0, 0.1) is 0 Å². The lowest BCUT2D eigenvalue weighted by molar-refractivity contribution is 0.245. The summed E-state index contributed by atoms with van der Waals surface area (Å²) in [5.74, 6) is 0. The smallest absolute Gasteiger partial charge is 0.0486 e. The third-order valence-corrected chi connectivity index (χ3v) is 6.16. The van der Waals surface area contributed by atoms with Crippen LogP contribution in [0.1, 0.15) is 48.7 Å². The highest BCUT2D eigenvalue weighted by Crippen LogP contribution is 2.37. The zero-order chi connectivity index (χ0) is 18.1. The van der Waals surface area contributed by atoms with Gasteiger partial charge in [-0.2, -0.15) is 0 Å². The normalized spacial score (nSPS) is 17.6. The Labute approximate surface area is 157 Å². The van der Waals surface area contributed by atoms with Gasteiger partial charge in [-0.1, -0.05) is 43.3 Å². The Morgan fingerprint density at radius 2 is 1.85 bits per heavy atom. The van der Waals surface area contributed by atoms with E-state index >= 15 is 0 Å². The zero-order valence-corrected chi connectivity index (χ0v) is 16.3. The number of aryl methyl sites for hydroxylation is 3. The maximum absolute atomic E-state index is 2.62. The maximum Gasteiger partial charge on any atom is 0.0486 e. The van der Waals surface area contributed by atoms with Crippen LogP contribution < -0.4 is 0 Å². The Bertz CT molecular complexity index is 891. The standard InChI is InChI=1S/C24H30N2/c1-4-19-12-13-22-21(17-19)24-18(2)25(3)16-14-23(24)26(22)15-8-11-20-9-6-5-7-10-20/h5-7,9-10,12-13,17-18H,4,8,11,14-16H2,1-3H3. The number of aromatic nitrogens is 1. The van der Waals surface area contributed by atoms with Crippen molar-refractivity contribution >= 4 is 10.9 Å². The van der Waals surface area contributed by atoms with Gasteiger partial charge in [0.05, 0.1) is 0 Å². The van der Waals surface area contributed by atoms with Gasteiger partial charge < -0.3 is 4.57 Å². The van der Waals surface area contributed by atoms with Crippen molar-refractivity contribution in [3.05, 3.63) is 70.9 Å². The minimum atomic E-state index is 0.503. The van der Waals surface area contributed by atoms with E-state index in [0.29, 0.717) is 6.04 Å². The maximum atomic E-state index is 2.62. The summed E-state index contributed by atoms with van der Waals surface area (Å²) in [6.07, 6.45) is 4.61.